The number of carbonyl (C=O) groups excluding carboxylic acids is 2. The van der Waals surface area contributed by atoms with Crippen LogP contribution in [-0.4, -0.2) is 256 Å². The predicted molar refractivity (Wildman–Crippen MR) is 299 cm³/mol. The molecule has 0 aromatic heterocycles. The van der Waals surface area contributed by atoms with E-state index in [4.69, 9.17) is 47.4 Å². The normalized spacial score (nSPS) is 50.9. The highest BCUT2D eigenvalue weighted by atomic mass is 16.8. The summed E-state index contributed by atoms with van der Waals surface area (Å²) in [5.74, 6) is -3.67. The lowest BCUT2D eigenvalue weighted by Crippen LogP contribution is -2.72. The Labute approximate surface area is 511 Å². The molecule has 0 unspecified atom stereocenters. The van der Waals surface area contributed by atoms with Gasteiger partial charge in [0, 0.05) is 17.9 Å². The molecule has 31 atom stereocenters. The zero-order valence-corrected chi connectivity index (χ0v) is 51.9. The van der Waals surface area contributed by atoms with Gasteiger partial charge in [0.15, 0.2) is 31.3 Å². The number of allylic oxidation sites excluding steroid dienone is 3. The summed E-state index contributed by atoms with van der Waals surface area (Å²) >= 11 is 0. The first-order chi connectivity index (χ1) is 41.1. The minimum Gasteiger partial charge on any atom is -0.479 e. The van der Waals surface area contributed by atoms with Crippen molar-refractivity contribution in [1.82, 2.24) is 0 Å². The Morgan fingerprint density at radius 2 is 1.18 bits per heavy atom. The molecule has 88 heavy (non-hydrogen) atoms. The molecule has 0 aromatic carbocycles. The average Bonchev–Trinajstić information content (AvgIpc) is 0.673. The summed E-state index contributed by atoms with van der Waals surface area (Å²) in [4.78, 5) is 39.8. The second kappa shape index (κ2) is 25.4. The number of carboxylic acid groups (broad SMARTS) is 1. The van der Waals surface area contributed by atoms with Crippen molar-refractivity contribution in [3.05, 3.63) is 23.3 Å². The fourth-order valence-corrected chi connectivity index (χ4v) is 17.6. The molecule has 0 bridgehead atoms. The Kier molecular flexibility index (Phi) is 20.0. The number of esters is 2. The average molecular weight is 1260 g/mol. The first-order valence-electron chi connectivity index (χ1n) is 30.9. The molecule has 4 saturated carbocycles. The summed E-state index contributed by atoms with van der Waals surface area (Å²) in [5, 5.41) is 156. The smallest absolute Gasteiger partial charge is 0.335 e. The van der Waals surface area contributed by atoms with E-state index in [0.717, 1.165) is 5.57 Å². The van der Waals surface area contributed by atoms with E-state index >= 15 is 0 Å². The van der Waals surface area contributed by atoms with Crippen molar-refractivity contribution >= 4 is 17.9 Å². The molecule has 9 rings (SSSR count). The summed E-state index contributed by atoms with van der Waals surface area (Å²) in [6, 6.07) is 0. The van der Waals surface area contributed by atoms with Crippen LogP contribution in [0.15, 0.2) is 23.3 Å². The Balaban J connectivity index is 1.05. The molecule has 4 aliphatic heterocycles. The van der Waals surface area contributed by atoms with Crippen LogP contribution in [0.3, 0.4) is 0 Å². The van der Waals surface area contributed by atoms with Gasteiger partial charge >= 0.3 is 17.9 Å². The number of fused-ring (bicyclic) bond motifs is 7. The number of aliphatic hydroxyl groups excluding tert-OH is 13. The van der Waals surface area contributed by atoms with Gasteiger partial charge in [-0.2, -0.15) is 0 Å². The summed E-state index contributed by atoms with van der Waals surface area (Å²) in [7, 11) is 0. The van der Waals surface area contributed by atoms with E-state index in [2.05, 4.69) is 26.8 Å². The fraction of sp³-hybridized carbons (Fsp3) is 0.885. The zero-order chi connectivity index (χ0) is 65.0. The van der Waals surface area contributed by atoms with Gasteiger partial charge in [0.05, 0.1) is 43.5 Å². The van der Waals surface area contributed by atoms with E-state index in [1.54, 1.807) is 19.9 Å². The maximum Gasteiger partial charge on any atom is 0.335 e. The summed E-state index contributed by atoms with van der Waals surface area (Å²) in [6.45, 7) is 18.1. The Hall–Kier alpha value is -2.95. The van der Waals surface area contributed by atoms with Crippen molar-refractivity contribution in [3.63, 3.8) is 0 Å². The van der Waals surface area contributed by atoms with Crippen LogP contribution < -0.4 is 0 Å². The number of aliphatic carboxylic acids is 1. The van der Waals surface area contributed by atoms with Crippen LogP contribution in [0.25, 0.3) is 0 Å². The van der Waals surface area contributed by atoms with Gasteiger partial charge in [0.2, 0.25) is 0 Å². The quantitative estimate of drug-likeness (QED) is 0.0386. The maximum atomic E-state index is 13.5. The van der Waals surface area contributed by atoms with Crippen LogP contribution in [0.4, 0.5) is 0 Å². The van der Waals surface area contributed by atoms with Crippen molar-refractivity contribution < 1.29 is 133 Å². The highest BCUT2D eigenvalue weighted by molar-refractivity contribution is 5.87. The molecule has 5 aliphatic carbocycles. The van der Waals surface area contributed by atoms with Crippen molar-refractivity contribution in [2.45, 2.75) is 268 Å². The molecule has 8 fully saturated rings. The second-order valence-corrected chi connectivity index (χ2v) is 28.5. The van der Waals surface area contributed by atoms with Gasteiger partial charge in [-0.1, -0.05) is 66.2 Å². The van der Waals surface area contributed by atoms with Crippen LogP contribution in [0.1, 0.15) is 121 Å². The first-order valence-corrected chi connectivity index (χ1v) is 30.9. The summed E-state index contributed by atoms with van der Waals surface area (Å²) in [6.07, 6.45) is -35.3. The molecule has 9 aliphatic rings. The molecule has 27 nitrogen and oxygen atoms in total. The number of carboxylic acids is 1. The van der Waals surface area contributed by atoms with Crippen molar-refractivity contribution in [2.24, 2.45) is 50.2 Å². The molecule has 27 heteroatoms. The van der Waals surface area contributed by atoms with Gasteiger partial charge in [0.25, 0.3) is 0 Å². The highest BCUT2D eigenvalue weighted by Crippen LogP contribution is 2.76. The van der Waals surface area contributed by atoms with Gasteiger partial charge in [-0.05, 0) is 105 Å². The third-order valence-electron chi connectivity index (χ3n) is 23.0. The predicted octanol–water partition coefficient (Wildman–Crippen LogP) is -1.44. The number of carbonyl (C=O) groups is 3. The molecule has 0 radical (unpaired) electrons. The monoisotopic (exact) mass is 1260 g/mol. The first kappa shape index (κ1) is 69.4. The fourth-order valence-electron chi connectivity index (χ4n) is 17.6. The summed E-state index contributed by atoms with van der Waals surface area (Å²) in [5.41, 5.74) is -3.32. The number of ether oxygens (including phenoxy) is 10. The third kappa shape index (κ3) is 11.3. The highest BCUT2D eigenvalue weighted by Gasteiger charge is 2.74. The lowest BCUT2D eigenvalue weighted by Gasteiger charge is -2.72. The lowest BCUT2D eigenvalue weighted by atomic mass is 9.33. The molecule has 14 N–H and O–H groups in total. The van der Waals surface area contributed by atoms with Gasteiger partial charge in [0.1, 0.15) is 97.7 Å². The van der Waals surface area contributed by atoms with E-state index in [1.807, 2.05) is 27.7 Å². The number of hydrogen-bond donors (Lipinski definition) is 14. The standard InChI is InChI=1S/C61H96O27/c1-12-24(2)51(78)88-48-49(80-26(4)65)61(23-64)28(19-56(48,5)6)27-13-14-32-58(9)17-16-34(57(7,8)31(58)15-18-59(32,10)60(27,11)20-33(61)66)83-55-47(87-53-42(74)39(71)36(68)29(21-62)81-53)44(43(75)45(85-55)50(76)77)84-54-46(40(72)37(69)30(22-63)82-54)86-52-41(73)38(70)35(67)25(3)79-52/h12-13,25,28-49,52-55,62-64,66-75H,14-23H2,1-11H3,(H,76,77)/t25-,28-,29+,30+,31-,32+,33+,34-,35-,36+,37-,38+,39-,40-,41+,42+,43-,44-,45-,46+,47+,48-,49-,52-,53-,54-,55+,58-,59+,60+,61-/m0/s1. The molecule has 4 heterocycles. The molecular formula is C61H96O27. The molecule has 502 valence electrons. The van der Waals surface area contributed by atoms with Crippen molar-refractivity contribution in [1.29, 1.82) is 0 Å². The van der Waals surface area contributed by atoms with Crippen LogP contribution in [0.5, 0.6) is 0 Å². The van der Waals surface area contributed by atoms with E-state index in [1.165, 1.54) is 13.8 Å². The Morgan fingerprint density at radius 1 is 0.614 bits per heavy atom. The Bertz CT molecular complexity index is 2580. The largest absolute Gasteiger partial charge is 0.479 e. The molecule has 0 amide bonds. The number of rotatable bonds is 15. The van der Waals surface area contributed by atoms with Crippen LogP contribution in [-0.2, 0) is 61.8 Å². The van der Waals surface area contributed by atoms with Gasteiger partial charge in [-0.15, -0.1) is 0 Å². The van der Waals surface area contributed by atoms with Gasteiger partial charge in [-0.3, -0.25) is 4.79 Å². The number of hydrogen-bond acceptors (Lipinski definition) is 26. The van der Waals surface area contributed by atoms with Crippen LogP contribution in [0.2, 0.25) is 0 Å². The Morgan fingerprint density at radius 3 is 1.77 bits per heavy atom. The minimum absolute atomic E-state index is 0.0311. The van der Waals surface area contributed by atoms with E-state index in [9.17, 15) is 85.9 Å². The SMILES string of the molecule is CC=C(C)C(=O)O[C@H]1[C@H](OC(C)=O)[C@]2(CO)[C@H](O)C[C@]3(C)C(=CC[C@@H]4[C@@]5(C)CC[C@H](O[C@@H]6O[C@H](C(=O)O)[C@@H](O)[C@H](O[C@@H]7O[C@H](CO)[C@H](O)[C@H](O)[C@H]7O[C@@H]7O[C@@H](C)[C@H](O)[C@@H](O)[C@H]7O)[C@H]6O[C@@H]6O[C@H](CO)[C@@H](O)[C@H](O)[C@H]6O)C(C)(C)[C@@H]5CC[C@]43C)[C@@H]2CC1(C)C. The van der Waals surface area contributed by atoms with Gasteiger partial charge < -0.3 is 119 Å². The molecule has 0 spiro atoms. The van der Waals surface area contributed by atoms with Crippen molar-refractivity contribution in [3.8, 4) is 0 Å². The lowest BCUT2D eigenvalue weighted by molar-refractivity contribution is -0.406. The van der Waals surface area contributed by atoms with Crippen molar-refractivity contribution in [2.75, 3.05) is 19.8 Å². The minimum atomic E-state index is -2.29. The van der Waals surface area contributed by atoms with Crippen LogP contribution >= 0.6 is 0 Å². The molecular weight excluding hydrogens is 1160 g/mol. The maximum absolute atomic E-state index is 13.5. The van der Waals surface area contributed by atoms with Crippen LogP contribution in [0, 0.1) is 50.2 Å². The number of aliphatic hydroxyl groups is 13. The third-order valence-corrected chi connectivity index (χ3v) is 23.0. The zero-order valence-electron chi connectivity index (χ0n) is 51.9. The van der Waals surface area contributed by atoms with E-state index in [0.29, 0.717) is 44.1 Å². The van der Waals surface area contributed by atoms with E-state index in [-0.39, 0.29) is 18.3 Å². The second-order valence-electron chi connectivity index (χ2n) is 28.5. The summed E-state index contributed by atoms with van der Waals surface area (Å²) < 4.78 is 61.5. The topological polar surface area (TPSA) is 427 Å². The van der Waals surface area contributed by atoms with E-state index < -0.39 is 223 Å². The molecule has 0 aromatic rings. The van der Waals surface area contributed by atoms with Gasteiger partial charge in [-0.25, -0.2) is 9.59 Å². The molecule has 4 saturated heterocycles.